The van der Waals surface area contributed by atoms with Crippen molar-refractivity contribution in [3.63, 3.8) is 0 Å². The van der Waals surface area contributed by atoms with Crippen LogP contribution in [0.5, 0.6) is 0 Å². The number of aliphatic hydroxyl groups is 1. The Hall–Kier alpha value is -0.0800. The Kier molecular flexibility index (Phi) is 2.36. The summed E-state index contributed by atoms with van der Waals surface area (Å²) in [7, 11) is 0. The maximum absolute atomic E-state index is 10.0. The van der Waals surface area contributed by atoms with Gasteiger partial charge in [-0.1, -0.05) is 0 Å². The molecule has 5 rings (SSSR count). The van der Waals surface area contributed by atoms with Gasteiger partial charge in [0.2, 0.25) is 0 Å². The van der Waals surface area contributed by atoms with Gasteiger partial charge in [-0.15, -0.1) is 0 Å². The van der Waals surface area contributed by atoms with E-state index in [0.29, 0.717) is 6.61 Å². The van der Waals surface area contributed by atoms with E-state index in [0.717, 1.165) is 29.6 Å². The molecule has 0 unspecified atom stereocenters. The summed E-state index contributed by atoms with van der Waals surface area (Å²) in [6.45, 7) is 1.55. The minimum atomic E-state index is 0.121. The van der Waals surface area contributed by atoms with Crippen molar-refractivity contribution in [3.8, 4) is 0 Å². The van der Waals surface area contributed by atoms with E-state index in [1.165, 1.54) is 51.5 Å². The Bertz CT molecular complexity index is 282. The minimum Gasteiger partial charge on any atom is -0.394 e. The molecule has 2 nitrogen and oxygen atoms in total. The largest absolute Gasteiger partial charge is 0.394 e. The zero-order chi connectivity index (χ0) is 11.5. The molecule has 0 saturated heterocycles. The van der Waals surface area contributed by atoms with E-state index in [-0.39, 0.29) is 5.54 Å². The molecule has 0 aromatic carbocycles. The van der Waals surface area contributed by atoms with E-state index in [2.05, 4.69) is 5.32 Å². The number of aliphatic hydroxyl groups excluding tert-OH is 1. The molecule has 0 aromatic rings. The zero-order valence-corrected chi connectivity index (χ0v) is 10.7. The number of hydrogen-bond acceptors (Lipinski definition) is 2. The molecular weight excluding hydrogens is 210 g/mol. The van der Waals surface area contributed by atoms with Crippen LogP contribution in [-0.2, 0) is 0 Å². The van der Waals surface area contributed by atoms with Gasteiger partial charge in [-0.2, -0.15) is 0 Å². The molecule has 0 spiro atoms. The highest BCUT2D eigenvalue weighted by molar-refractivity contribution is 5.11. The summed E-state index contributed by atoms with van der Waals surface area (Å²) in [5.41, 5.74) is 0.121. The fraction of sp³-hybridized carbons (Fsp3) is 1.00. The van der Waals surface area contributed by atoms with E-state index < -0.39 is 0 Å². The second-order valence-corrected chi connectivity index (χ2v) is 7.33. The Morgan fingerprint density at radius 1 is 0.941 bits per heavy atom. The van der Waals surface area contributed by atoms with Gasteiger partial charge in [0, 0.05) is 5.54 Å². The van der Waals surface area contributed by atoms with E-state index in [9.17, 15) is 5.11 Å². The topological polar surface area (TPSA) is 32.3 Å². The Labute approximate surface area is 104 Å². The molecule has 5 saturated carbocycles. The van der Waals surface area contributed by atoms with Gasteiger partial charge >= 0.3 is 0 Å². The van der Waals surface area contributed by atoms with Crippen molar-refractivity contribution < 1.29 is 5.11 Å². The molecule has 5 aliphatic rings. The Balaban J connectivity index is 1.56. The first-order valence-electron chi connectivity index (χ1n) is 7.66. The molecule has 0 aromatic heterocycles. The lowest BCUT2D eigenvalue weighted by atomic mass is 9.48. The predicted molar refractivity (Wildman–Crippen MR) is 67.6 cm³/mol. The van der Waals surface area contributed by atoms with Crippen molar-refractivity contribution >= 4 is 0 Å². The van der Waals surface area contributed by atoms with Gasteiger partial charge in [-0.25, -0.2) is 0 Å². The van der Waals surface area contributed by atoms with Crippen molar-refractivity contribution in [2.75, 3.05) is 13.2 Å². The van der Waals surface area contributed by atoms with Crippen LogP contribution >= 0.6 is 0 Å². The van der Waals surface area contributed by atoms with Gasteiger partial charge in [-0.3, -0.25) is 0 Å². The fourth-order valence-electron chi connectivity index (χ4n) is 5.28. The summed E-state index contributed by atoms with van der Waals surface area (Å²) in [5, 5.41) is 13.9. The third-order valence-corrected chi connectivity index (χ3v) is 6.27. The summed E-state index contributed by atoms with van der Waals surface area (Å²) in [4.78, 5) is 0. The smallest absolute Gasteiger partial charge is 0.0618 e. The van der Waals surface area contributed by atoms with Crippen molar-refractivity contribution in [2.45, 2.75) is 50.5 Å². The highest BCUT2D eigenvalue weighted by Gasteiger charge is 2.56. The Morgan fingerprint density at radius 3 is 2.00 bits per heavy atom. The number of nitrogens with one attached hydrogen (secondary N) is 1. The molecule has 2 heteroatoms. The lowest BCUT2D eigenvalue weighted by Gasteiger charge is -2.61. The van der Waals surface area contributed by atoms with E-state index >= 15 is 0 Å². The first kappa shape index (κ1) is 10.8. The predicted octanol–water partition coefficient (Wildman–Crippen LogP) is 2.17. The molecule has 0 atom stereocenters. The van der Waals surface area contributed by atoms with Crippen molar-refractivity contribution in [1.29, 1.82) is 0 Å². The van der Waals surface area contributed by atoms with Gasteiger partial charge in [0.1, 0.15) is 0 Å². The van der Waals surface area contributed by atoms with Gasteiger partial charge in [0.25, 0.3) is 0 Å². The van der Waals surface area contributed by atoms with Crippen LogP contribution in [0, 0.1) is 29.6 Å². The quantitative estimate of drug-likeness (QED) is 0.783. The van der Waals surface area contributed by atoms with E-state index in [4.69, 9.17) is 0 Å². The minimum absolute atomic E-state index is 0.121. The second-order valence-electron chi connectivity index (χ2n) is 7.33. The van der Waals surface area contributed by atoms with Gasteiger partial charge < -0.3 is 10.4 Å². The molecule has 5 aliphatic carbocycles. The molecule has 0 heterocycles. The lowest BCUT2D eigenvalue weighted by Crippen LogP contribution is -2.67. The SMILES string of the molecule is OCC1(NCC2CC2)C2CC3CC(C2)CC1C3. The van der Waals surface area contributed by atoms with Gasteiger partial charge in [-0.05, 0) is 81.1 Å². The maximum atomic E-state index is 10.0. The van der Waals surface area contributed by atoms with Crippen molar-refractivity contribution in [3.05, 3.63) is 0 Å². The fourth-order valence-corrected chi connectivity index (χ4v) is 5.28. The summed E-state index contributed by atoms with van der Waals surface area (Å²) < 4.78 is 0. The van der Waals surface area contributed by atoms with E-state index in [1.54, 1.807) is 0 Å². The van der Waals surface area contributed by atoms with Crippen molar-refractivity contribution in [2.24, 2.45) is 29.6 Å². The third kappa shape index (κ3) is 1.60. The molecule has 4 bridgehead atoms. The van der Waals surface area contributed by atoms with E-state index in [1.807, 2.05) is 0 Å². The highest BCUT2D eigenvalue weighted by atomic mass is 16.3. The third-order valence-electron chi connectivity index (χ3n) is 6.27. The van der Waals surface area contributed by atoms with Gasteiger partial charge in [0.15, 0.2) is 0 Å². The summed E-state index contributed by atoms with van der Waals surface area (Å²) in [6, 6.07) is 0. The van der Waals surface area contributed by atoms with Crippen LogP contribution in [0.4, 0.5) is 0 Å². The first-order valence-corrected chi connectivity index (χ1v) is 7.66. The van der Waals surface area contributed by atoms with Crippen LogP contribution in [0.3, 0.4) is 0 Å². The molecule has 17 heavy (non-hydrogen) atoms. The molecule has 96 valence electrons. The second kappa shape index (κ2) is 3.71. The van der Waals surface area contributed by atoms with Crippen LogP contribution in [0.2, 0.25) is 0 Å². The average Bonchev–Trinajstić information content (AvgIpc) is 3.12. The summed E-state index contributed by atoms with van der Waals surface area (Å²) in [5.74, 6) is 4.49. The van der Waals surface area contributed by atoms with Crippen LogP contribution in [0.1, 0.15) is 44.9 Å². The molecule has 0 amide bonds. The maximum Gasteiger partial charge on any atom is 0.0618 e. The van der Waals surface area contributed by atoms with Crippen LogP contribution in [0.15, 0.2) is 0 Å². The lowest BCUT2D eigenvalue weighted by molar-refractivity contribution is -0.0954. The average molecular weight is 235 g/mol. The standard InChI is InChI=1S/C15H25NO/c17-9-15(16-8-10-1-2-10)13-4-11-3-12(6-13)7-14(15)5-11/h10-14,16-17H,1-9H2. The first-order chi connectivity index (χ1) is 8.30. The molecule has 2 N–H and O–H groups in total. The molecule has 5 fully saturated rings. The monoisotopic (exact) mass is 235 g/mol. The van der Waals surface area contributed by atoms with Gasteiger partial charge in [0.05, 0.1) is 6.61 Å². The Morgan fingerprint density at radius 2 is 1.53 bits per heavy atom. The molecule has 0 radical (unpaired) electrons. The summed E-state index contributed by atoms with van der Waals surface area (Å²) >= 11 is 0. The van der Waals surface area contributed by atoms with Crippen molar-refractivity contribution in [1.82, 2.24) is 5.32 Å². The zero-order valence-electron chi connectivity index (χ0n) is 10.7. The number of rotatable bonds is 4. The number of hydrogen-bond donors (Lipinski definition) is 2. The molecule has 0 aliphatic heterocycles. The van der Waals surface area contributed by atoms with Crippen LogP contribution in [0.25, 0.3) is 0 Å². The van der Waals surface area contributed by atoms with Crippen LogP contribution < -0.4 is 5.32 Å². The summed E-state index contributed by atoms with van der Waals surface area (Å²) in [6.07, 6.45) is 9.90. The molecular formula is C15H25NO. The highest BCUT2D eigenvalue weighted by Crippen LogP contribution is 2.58. The van der Waals surface area contributed by atoms with Crippen LogP contribution in [-0.4, -0.2) is 23.8 Å². The normalized spacial score (nSPS) is 52.1.